The van der Waals surface area contributed by atoms with Gasteiger partial charge < -0.3 is 36.3 Å². The van der Waals surface area contributed by atoms with Crippen molar-refractivity contribution in [2.45, 2.75) is 83.6 Å². The van der Waals surface area contributed by atoms with Gasteiger partial charge in [0.15, 0.2) is 6.10 Å². The van der Waals surface area contributed by atoms with Crippen LogP contribution in [0, 0.1) is 5.92 Å². The highest BCUT2D eigenvalue weighted by atomic mass is 19.4. The molecule has 0 spiro atoms. The predicted octanol–water partition coefficient (Wildman–Crippen LogP) is 3.51. The first-order valence-corrected chi connectivity index (χ1v) is 13.7. The van der Waals surface area contributed by atoms with Gasteiger partial charge in [0.2, 0.25) is 11.8 Å². The molecule has 0 radical (unpaired) electrons. The predicted molar refractivity (Wildman–Crippen MR) is 154 cm³/mol. The lowest BCUT2D eigenvalue weighted by Crippen LogP contribution is -2.56. The van der Waals surface area contributed by atoms with E-state index in [1.807, 2.05) is 0 Å². The third-order valence-electron chi connectivity index (χ3n) is 6.35. The number of carbonyl (C=O) groups excluding carboxylic acids is 3. The lowest BCUT2D eigenvalue weighted by molar-refractivity contribution is -0.215. The Morgan fingerprint density at radius 2 is 1.47 bits per heavy atom. The highest BCUT2D eigenvalue weighted by Crippen LogP contribution is 2.26. The maximum atomic E-state index is 13.3. The van der Waals surface area contributed by atoms with E-state index >= 15 is 0 Å². The number of halogens is 3. The van der Waals surface area contributed by atoms with Gasteiger partial charge in [-0.3, -0.25) is 9.59 Å². The molecule has 0 unspecified atom stereocenters. The second kappa shape index (κ2) is 15.1. The molecular weight excluding hydrogens is 569 g/mol. The monoisotopic (exact) mass is 610 g/mol. The normalized spacial score (nSPS) is 14.7. The Hall–Kier alpha value is -3.84. The Morgan fingerprint density at radius 1 is 0.907 bits per heavy atom. The van der Waals surface area contributed by atoms with Crippen LogP contribution in [0.2, 0.25) is 0 Å². The molecule has 0 aliphatic carbocycles. The molecule has 6 N–H and O–H groups in total. The number of rotatable bonds is 12. The van der Waals surface area contributed by atoms with Crippen LogP contribution in [0.1, 0.15) is 57.4 Å². The molecule has 0 saturated heterocycles. The molecule has 0 aromatic heterocycles. The summed E-state index contributed by atoms with van der Waals surface area (Å²) < 4.78 is 50.2. The highest BCUT2D eigenvalue weighted by Gasteiger charge is 2.45. The molecule has 4 atom stereocenters. The van der Waals surface area contributed by atoms with Crippen LogP contribution in [-0.2, 0) is 27.3 Å². The second-order valence-electron chi connectivity index (χ2n) is 11.5. The number of aliphatic hydroxyl groups is 1. The van der Waals surface area contributed by atoms with Crippen LogP contribution < -0.4 is 26.4 Å². The SMILES string of the molecule is COc1ccc([C@H](NC(=O)[C@@H](N)Cc2ccc(CNC(=O)OC(C)(C)C)cc2)C(=O)N[C@@H](C(C)C)[C@H](O)C(F)(F)F)cc1. The molecule has 2 aromatic rings. The molecule has 0 aliphatic rings. The number of methoxy groups -OCH3 is 1. The minimum Gasteiger partial charge on any atom is -0.497 e. The third-order valence-corrected chi connectivity index (χ3v) is 6.35. The smallest absolute Gasteiger partial charge is 0.416 e. The number of hydrogen-bond donors (Lipinski definition) is 5. The second-order valence-corrected chi connectivity index (χ2v) is 11.5. The van der Waals surface area contributed by atoms with Crippen LogP contribution in [-0.4, -0.2) is 60.1 Å². The van der Waals surface area contributed by atoms with E-state index in [9.17, 15) is 32.7 Å². The Morgan fingerprint density at radius 3 is 1.95 bits per heavy atom. The fourth-order valence-corrected chi connectivity index (χ4v) is 4.04. The topological polar surface area (TPSA) is 152 Å². The van der Waals surface area contributed by atoms with E-state index in [-0.39, 0.29) is 18.5 Å². The standard InChI is InChI=1S/C30H41F3N4O6/c1-17(2)23(25(38)30(31,32)33)36-27(40)24(20-11-13-21(42-6)14-12-20)37-26(39)22(34)15-18-7-9-19(10-8-18)16-35-28(41)43-29(3,4)5/h7-14,17,22-25,38H,15-16,34H2,1-6H3,(H,35,41)(H,36,40)(H,37,39)/t22-,23-,24-,25-/m0/s1. The van der Waals surface area contributed by atoms with Crippen LogP contribution >= 0.6 is 0 Å². The molecule has 0 aliphatic heterocycles. The van der Waals surface area contributed by atoms with Gasteiger partial charge in [0.25, 0.3) is 0 Å². The fraction of sp³-hybridized carbons (Fsp3) is 0.500. The maximum Gasteiger partial charge on any atom is 0.416 e. The largest absolute Gasteiger partial charge is 0.497 e. The number of carbonyl (C=O) groups is 3. The molecule has 0 fully saturated rings. The van der Waals surface area contributed by atoms with Crippen LogP contribution in [0.3, 0.4) is 0 Å². The molecule has 2 rings (SSSR count). The first-order chi connectivity index (χ1) is 19.9. The summed E-state index contributed by atoms with van der Waals surface area (Å²) in [4.78, 5) is 38.2. The van der Waals surface area contributed by atoms with Crippen LogP contribution in [0.5, 0.6) is 5.75 Å². The van der Waals surface area contributed by atoms with Crippen molar-refractivity contribution in [1.82, 2.24) is 16.0 Å². The van der Waals surface area contributed by atoms with Gasteiger partial charge in [-0.25, -0.2) is 4.79 Å². The zero-order chi connectivity index (χ0) is 32.5. The van der Waals surface area contributed by atoms with E-state index in [0.29, 0.717) is 11.3 Å². The summed E-state index contributed by atoms with van der Waals surface area (Å²) in [6, 6.07) is 8.84. The molecule has 0 heterocycles. The number of ether oxygens (including phenoxy) is 2. The molecule has 43 heavy (non-hydrogen) atoms. The van der Waals surface area contributed by atoms with E-state index in [1.54, 1.807) is 45.0 Å². The van der Waals surface area contributed by atoms with Crippen molar-refractivity contribution in [3.8, 4) is 5.75 Å². The number of alkyl carbamates (subject to hydrolysis) is 1. The number of alkyl halides is 3. The number of aliphatic hydroxyl groups excluding tert-OH is 1. The van der Waals surface area contributed by atoms with Gasteiger partial charge in [-0.15, -0.1) is 0 Å². The lowest BCUT2D eigenvalue weighted by atomic mass is 9.96. The summed E-state index contributed by atoms with van der Waals surface area (Å²) in [7, 11) is 1.44. The number of nitrogens with one attached hydrogen (secondary N) is 3. The Bertz CT molecular complexity index is 1210. The Labute approximate surface area is 249 Å². The molecule has 3 amide bonds. The first kappa shape index (κ1) is 35.4. The molecule has 13 heteroatoms. The van der Waals surface area contributed by atoms with Gasteiger partial charge in [-0.2, -0.15) is 13.2 Å². The zero-order valence-corrected chi connectivity index (χ0v) is 25.1. The van der Waals surface area contributed by atoms with E-state index in [2.05, 4.69) is 16.0 Å². The number of hydrogen-bond acceptors (Lipinski definition) is 7. The Balaban J connectivity index is 2.14. The number of benzene rings is 2. The molecule has 2 aromatic carbocycles. The molecule has 238 valence electrons. The number of nitrogens with two attached hydrogens (primary N) is 1. The molecule has 0 saturated carbocycles. The van der Waals surface area contributed by atoms with E-state index in [4.69, 9.17) is 15.2 Å². The quantitative estimate of drug-likeness (QED) is 0.247. The lowest BCUT2D eigenvalue weighted by Gasteiger charge is -2.31. The molecule has 10 nitrogen and oxygen atoms in total. The van der Waals surface area contributed by atoms with Crippen molar-refractivity contribution in [2.75, 3.05) is 7.11 Å². The maximum absolute atomic E-state index is 13.3. The van der Waals surface area contributed by atoms with Crippen molar-refractivity contribution in [2.24, 2.45) is 11.7 Å². The first-order valence-electron chi connectivity index (χ1n) is 13.7. The minimum absolute atomic E-state index is 0.0873. The third kappa shape index (κ3) is 11.4. The zero-order valence-electron chi connectivity index (χ0n) is 25.1. The Kier molecular flexibility index (Phi) is 12.4. The summed E-state index contributed by atoms with van der Waals surface area (Å²) in [5, 5.41) is 17.3. The summed E-state index contributed by atoms with van der Waals surface area (Å²) >= 11 is 0. The van der Waals surface area contributed by atoms with Crippen molar-refractivity contribution in [1.29, 1.82) is 0 Å². The average Bonchev–Trinajstić information content (AvgIpc) is 2.92. The summed E-state index contributed by atoms with van der Waals surface area (Å²) in [5.74, 6) is -1.99. The van der Waals surface area contributed by atoms with Crippen LogP contribution in [0.25, 0.3) is 0 Å². The number of amides is 3. The summed E-state index contributed by atoms with van der Waals surface area (Å²) in [6.07, 6.45) is -8.25. The van der Waals surface area contributed by atoms with Crippen molar-refractivity contribution < 1.29 is 42.1 Å². The minimum atomic E-state index is -4.97. The van der Waals surface area contributed by atoms with Gasteiger partial charge in [0.1, 0.15) is 17.4 Å². The molecule has 0 bridgehead atoms. The van der Waals surface area contributed by atoms with Gasteiger partial charge in [-0.1, -0.05) is 50.2 Å². The van der Waals surface area contributed by atoms with Crippen LogP contribution in [0.15, 0.2) is 48.5 Å². The van der Waals surface area contributed by atoms with E-state index < -0.39 is 59.8 Å². The van der Waals surface area contributed by atoms with Crippen molar-refractivity contribution in [3.05, 3.63) is 65.2 Å². The summed E-state index contributed by atoms with van der Waals surface area (Å²) in [6.45, 7) is 8.35. The van der Waals surface area contributed by atoms with Crippen molar-refractivity contribution in [3.63, 3.8) is 0 Å². The van der Waals surface area contributed by atoms with Crippen LogP contribution in [0.4, 0.5) is 18.0 Å². The van der Waals surface area contributed by atoms with Gasteiger partial charge >= 0.3 is 12.3 Å². The summed E-state index contributed by atoms with van der Waals surface area (Å²) in [5.41, 5.74) is 7.27. The highest BCUT2D eigenvalue weighted by molar-refractivity contribution is 5.90. The molecular formula is C30H41F3N4O6. The van der Waals surface area contributed by atoms with E-state index in [0.717, 1.165) is 5.56 Å². The fourth-order valence-electron chi connectivity index (χ4n) is 4.04. The average molecular weight is 611 g/mol. The van der Waals surface area contributed by atoms with E-state index in [1.165, 1.54) is 45.2 Å². The van der Waals surface area contributed by atoms with Gasteiger partial charge in [0, 0.05) is 6.54 Å². The van der Waals surface area contributed by atoms with Gasteiger partial charge in [-0.05, 0) is 61.9 Å². The van der Waals surface area contributed by atoms with Crippen molar-refractivity contribution >= 4 is 17.9 Å². The van der Waals surface area contributed by atoms with Gasteiger partial charge in [0.05, 0.1) is 19.2 Å².